The van der Waals surface area contributed by atoms with Gasteiger partial charge in [0.1, 0.15) is 16.4 Å². The van der Waals surface area contributed by atoms with Crippen LogP contribution in [-0.2, 0) is 0 Å². The van der Waals surface area contributed by atoms with E-state index >= 15 is 0 Å². The fraction of sp³-hybridized carbons (Fsp3) is 0.0417. The van der Waals surface area contributed by atoms with Crippen LogP contribution in [0.25, 0.3) is 10.1 Å². The first kappa shape index (κ1) is 21.5. The number of carbonyl (C=O) groups excluding carboxylic acids is 2. The van der Waals surface area contributed by atoms with Gasteiger partial charge in [-0.15, -0.1) is 11.3 Å². The number of amides is 1. The lowest BCUT2D eigenvalue weighted by molar-refractivity contribution is 0.0739. The lowest BCUT2D eigenvalue weighted by atomic mass is 10.2. The quantitative estimate of drug-likeness (QED) is 0.176. The molecule has 0 aliphatic rings. The first-order chi connectivity index (χ1) is 15.6. The van der Waals surface area contributed by atoms with Crippen molar-refractivity contribution in [3.8, 4) is 11.5 Å². The van der Waals surface area contributed by atoms with Crippen LogP contribution in [0.1, 0.15) is 25.6 Å². The molecule has 1 aromatic heterocycles. The molecular formula is C24H17ClN2O4S. The van der Waals surface area contributed by atoms with Gasteiger partial charge < -0.3 is 9.47 Å². The molecule has 32 heavy (non-hydrogen) atoms. The number of hydrogen-bond acceptors (Lipinski definition) is 6. The Bertz CT molecular complexity index is 1330. The Kier molecular flexibility index (Phi) is 6.49. The number of esters is 1. The minimum atomic E-state index is -0.558. The highest BCUT2D eigenvalue weighted by Crippen LogP contribution is 2.36. The van der Waals surface area contributed by atoms with Gasteiger partial charge in [-0.05, 0) is 36.4 Å². The molecule has 0 fully saturated rings. The van der Waals surface area contributed by atoms with Crippen LogP contribution in [0.3, 0.4) is 0 Å². The predicted molar refractivity (Wildman–Crippen MR) is 126 cm³/mol. The highest BCUT2D eigenvalue weighted by molar-refractivity contribution is 7.21. The number of hydrogen-bond donors (Lipinski definition) is 1. The highest BCUT2D eigenvalue weighted by atomic mass is 35.5. The number of thiophene rings is 1. The largest absolute Gasteiger partial charge is 0.497 e. The fourth-order valence-electron chi connectivity index (χ4n) is 2.96. The molecule has 160 valence electrons. The number of fused-ring (bicyclic) bond motifs is 1. The SMILES string of the molecule is COc1cccc(C(=O)N/N=C\c2ccccc2OC(=O)c2sc3ccccc3c2Cl)c1. The summed E-state index contributed by atoms with van der Waals surface area (Å²) in [6.07, 6.45) is 1.41. The molecule has 1 amide bonds. The van der Waals surface area contributed by atoms with Gasteiger partial charge >= 0.3 is 5.97 Å². The molecule has 3 aromatic carbocycles. The second kappa shape index (κ2) is 9.64. The number of ether oxygens (including phenoxy) is 2. The zero-order chi connectivity index (χ0) is 22.5. The van der Waals surface area contributed by atoms with Crippen molar-refractivity contribution in [2.24, 2.45) is 5.10 Å². The van der Waals surface area contributed by atoms with E-state index in [2.05, 4.69) is 10.5 Å². The standard InChI is InChI=1S/C24H17ClN2O4S/c1-30-17-9-6-8-15(13-17)23(28)27-26-14-16-7-2-4-11-19(16)31-24(29)22-21(25)18-10-3-5-12-20(18)32-22/h2-14H,1H3,(H,27,28)/b26-14-. The molecule has 4 aromatic rings. The van der Waals surface area contributed by atoms with Gasteiger partial charge in [-0.1, -0.05) is 48.0 Å². The predicted octanol–water partition coefficient (Wildman–Crippen LogP) is 5.55. The number of carbonyl (C=O) groups is 2. The molecule has 1 heterocycles. The molecule has 0 atom stereocenters. The summed E-state index contributed by atoms with van der Waals surface area (Å²) in [7, 11) is 1.53. The molecule has 0 unspecified atom stereocenters. The van der Waals surface area contributed by atoms with Crippen molar-refractivity contribution in [2.45, 2.75) is 0 Å². The summed E-state index contributed by atoms with van der Waals surface area (Å²) in [5.41, 5.74) is 3.37. The third kappa shape index (κ3) is 4.64. The maximum atomic E-state index is 12.8. The second-order valence-corrected chi connectivity index (χ2v) is 8.03. The van der Waals surface area contributed by atoms with Crippen molar-refractivity contribution in [1.29, 1.82) is 0 Å². The number of para-hydroxylation sites is 1. The Morgan fingerprint density at radius 1 is 1.03 bits per heavy atom. The maximum absolute atomic E-state index is 12.8. The van der Waals surface area contributed by atoms with Crippen molar-refractivity contribution in [1.82, 2.24) is 5.43 Å². The number of halogens is 1. The number of hydrazone groups is 1. The lowest BCUT2D eigenvalue weighted by Gasteiger charge is -2.07. The molecule has 4 rings (SSSR count). The zero-order valence-corrected chi connectivity index (χ0v) is 18.4. The number of rotatable bonds is 6. The number of benzene rings is 3. The van der Waals surface area contributed by atoms with Gasteiger partial charge in [0.2, 0.25) is 0 Å². The topological polar surface area (TPSA) is 77.0 Å². The smallest absolute Gasteiger partial charge is 0.355 e. The molecule has 6 nitrogen and oxygen atoms in total. The number of nitrogens with zero attached hydrogens (tertiary/aromatic N) is 1. The van der Waals surface area contributed by atoms with Crippen LogP contribution in [0.5, 0.6) is 11.5 Å². The van der Waals surface area contributed by atoms with Crippen LogP contribution in [0, 0.1) is 0 Å². The molecule has 0 aliphatic heterocycles. The van der Waals surface area contributed by atoms with Gasteiger partial charge in [-0.2, -0.15) is 5.10 Å². The monoisotopic (exact) mass is 464 g/mol. The Labute approximate surface area is 193 Å². The summed E-state index contributed by atoms with van der Waals surface area (Å²) in [5, 5.41) is 5.16. The summed E-state index contributed by atoms with van der Waals surface area (Å²) in [4.78, 5) is 25.4. The van der Waals surface area contributed by atoms with Crippen molar-refractivity contribution in [3.63, 3.8) is 0 Å². The van der Waals surface area contributed by atoms with Crippen molar-refractivity contribution >= 4 is 51.1 Å². The summed E-state index contributed by atoms with van der Waals surface area (Å²) in [5.74, 6) is -0.0895. The molecule has 0 saturated carbocycles. The Morgan fingerprint density at radius 3 is 2.62 bits per heavy atom. The Morgan fingerprint density at radius 2 is 1.81 bits per heavy atom. The Hall–Kier alpha value is -3.68. The molecule has 8 heteroatoms. The third-order valence-electron chi connectivity index (χ3n) is 4.54. The second-order valence-electron chi connectivity index (χ2n) is 6.60. The molecular weight excluding hydrogens is 448 g/mol. The van der Waals surface area contributed by atoms with Gasteiger partial charge in [-0.25, -0.2) is 10.2 Å². The van der Waals surface area contributed by atoms with E-state index in [4.69, 9.17) is 21.1 Å². The van der Waals surface area contributed by atoms with Gasteiger partial charge in [0.15, 0.2) is 0 Å². The highest BCUT2D eigenvalue weighted by Gasteiger charge is 2.19. The summed E-state index contributed by atoms with van der Waals surface area (Å²) in [6, 6.07) is 21.1. The average molecular weight is 465 g/mol. The van der Waals surface area contributed by atoms with E-state index in [9.17, 15) is 9.59 Å². The van der Waals surface area contributed by atoms with E-state index in [0.717, 1.165) is 10.1 Å². The summed E-state index contributed by atoms with van der Waals surface area (Å²) < 4.78 is 11.6. The number of nitrogens with one attached hydrogen (secondary N) is 1. The van der Waals surface area contributed by atoms with Gasteiger partial charge in [0.25, 0.3) is 5.91 Å². The first-order valence-electron chi connectivity index (χ1n) is 9.52. The summed E-state index contributed by atoms with van der Waals surface area (Å²) >= 11 is 7.66. The van der Waals surface area contributed by atoms with E-state index in [1.165, 1.54) is 24.7 Å². The first-order valence-corrected chi connectivity index (χ1v) is 10.7. The van der Waals surface area contributed by atoms with Gasteiger partial charge in [0, 0.05) is 21.2 Å². The average Bonchev–Trinajstić information content (AvgIpc) is 3.17. The summed E-state index contributed by atoms with van der Waals surface area (Å²) in [6.45, 7) is 0. The van der Waals surface area contributed by atoms with E-state index in [0.29, 0.717) is 32.5 Å². The van der Waals surface area contributed by atoms with Crippen LogP contribution in [0.4, 0.5) is 0 Å². The lowest BCUT2D eigenvalue weighted by Crippen LogP contribution is -2.17. The third-order valence-corrected chi connectivity index (χ3v) is 6.20. The van der Waals surface area contributed by atoms with Crippen LogP contribution < -0.4 is 14.9 Å². The molecule has 0 aliphatic carbocycles. The van der Waals surface area contributed by atoms with Crippen LogP contribution >= 0.6 is 22.9 Å². The van der Waals surface area contributed by atoms with E-state index < -0.39 is 11.9 Å². The van der Waals surface area contributed by atoms with Gasteiger partial charge in [0.05, 0.1) is 18.3 Å². The zero-order valence-electron chi connectivity index (χ0n) is 16.9. The van der Waals surface area contributed by atoms with Crippen molar-refractivity contribution < 1.29 is 19.1 Å². The van der Waals surface area contributed by atoms with Crippen molar-refractivity contribution in [3.05, 3.63) is 93.8 Å². The Balaban J connectivity index is 1.49. The van der Waals surface area contributed by atoms with E-state index in [1.54, 1.807) is 48.5 Å². The fourth-order valence-corrected chi connectivity index (χ4v) is 4.35. The normalized spacial score (nSPS) is 10.9. The van der Waals surface area contributed by atoms with Crippen LogP contribution in [-0.4, -0.2) is 25.2 Å². The van der Waals surface area contributed by atoms with E-state index in [1.807, 2.05) is 24.3 Å². The molecule has 0 saturated heterocycles. The van der Waals surface area contributed by atoms with Crippen molar-refractivity contribution in [2.75, 3.05) is 7.11 Å². The number of methoxy groups -OCH3 is 1. The minimum absolute atomic E-state index is 0.297. The van der Waals surface area contributed by atoms with Crippen LogP contribution in [0.15, 0.2) is 77.9 Å². The molecule has 1 N–H and O–H groups in total. The minimum Gasteiger partial charge on any atom is -0.497 e. The van der Waals surface area contributed by atoms with E-state index in [-0.39, 0.29) is 0 Å². The maximum Gasteiger partial charge on any atom is 0.355 e. The molecule has 0 spiro atoms. The van der Waals surface area contributed by atoms with Gasteiger partial charge in [-0.3, -0.25) is 4.79 Å². The molecule has 0 bridgehead atoms. The van der Waals surface area contributed by atoms with Crippen LogP contribution in [0.2, 0.25) is 5.02 Å². The molecule has 0 radical (unpaired) electrons.